The first-order chi connectivity index (χ1) is 9.93. The summed E-state index contributed by atoms with van der Waals surface area (Å²) in [5.74, 6) is 1.04. The minimum absolute atomic E-state index is 0.920. The molecule has 0 aromatic carbocycles. The molecule has 0 amide bonds. The lowest BCUT2D eigenvalue weighted by atomic mass is 10.1. The van der Waals surface area contributed by atoms with Gasteiger partial charge in [0.05, 0.1) is 0 Å². The van der Waals surface area contributed by atoms with Crippen molar-refractivity contribution in [2.75, 3.05) is 11.9 Å². The van der Waals surface area contributed by atoms with E-state index in [1.807, 2.05) is 23.1 Å². The van der Waals surface area contributed by atoms with E-state index in [4.69, 9.17) is 0 Å². The standard InChI is InChI=1S/C15H21N5/c1-2-6-13-14(7-3-1)17-12-18-15(13)16-8-4-10-20-11-5-9-19-20/h5,9,11-12H,1-4,6-8,10H2,(H,16,17,18). The average Bonchev–Trinajstić information content (AvgIpc) is 2.87. The molecule has 1 aliphatic carbocycles. The van der Waals surface area contributed by atoms with Gasteiger partial charge in [0.25, 0.3) is 0 Å². The van der Waals surface area contributed by atoms with Gasteiger partial charge in [-0.3, -0.25) is 4.68 Å². The monoisotopic (exact) mass is 271 g/mol. The van der Waals surface area contributed by atoms with Gasteiger partial charge in [0.2, 0.25) is 0 Å². The highest BCUT2D eigenvalue weighted by molar-refractivity contribution is 5.46. The second kappa shape index (κ2) is 6.50. The zero-order valence-electron chi connectivity index (χ0n) is 11.8. The lowest BCUT2D eigenvalue weighted by Crippen LogP contribution is -2.11. The van der Waals surface area contributed by atoms with E-state index in [9.17, 15) is 0 Å². The van der Waals surface area contributed by atoms with Crippen LogP contribution in [-0.4, -0.2) is 26.3 Å². The summed E-state index contributed by atoms with van der Waals surface area (Å²) >= 11 is 0. The summed E-state index contributed by atoms with van der Waals surface area (Å²) in [6.45, 7) is 1.86. The maximum Gasteiger partial charge on any atom is 0.132 e. The van der Waals surface area contributed by atoms with Gasteiger partial charge >= 0.3 is 0 Å². The first-order valence-electron chi connectivity index (χ1n) is 7.47. The topological polar surface area (TPSA) is 55.6 Å². The molecule has 0 unspecified atom stereocenters. The first-order valence-corrected chi connectivity index (χ1v) is 7.47. The number of hydrogen-bond donors (Lipinski definition) is 1. The van der Waals surface area contributed by atoms with Crippen LogP contribution in [0, 0.1) is 0 Å². The Morgan fingerprint density at radius 3 is 3.00 bits per heavy atom. The van der Waals surface area contributed by atoms with E-state index >= 15 is 0 Å². The molecule has 0 aliphatic heterocycles. The summed E-state index contributed by atoms with van der Waals surface area (Å²) in [5.41, 5.74) is 2.58. The maximum absolute atomic E-state index is 4.44. The Morgan fingerprint density at radius 1 is 1.15 bits per heavy atom. The number of rotatable bonds is 5. The first kappa shape index (κ1) is 13.1. The predicted molar refractivity (Wildman–Crippen MR) is 78.6 cm³/mol. The minimum atomic E-state index is 0.920. The van der Waals surface area contributed by atoms with Crippen LogP contribution in [0.25, 0.3) is 0 Å². The van der Waals surface area contributed by atoms with Crippen LogP contribution in [0.3, 0.4) is 0 Å². The van der Waals surface area contributed by atoms with Gasteiger partial charge in [-0.25, -0.2) is 9.97 Å². The molecule has 1 aliphatic rings. The van der Waals surface area contributed by atoms with Crippen molar-refractivity contribution in [3.05, 3.63) is 36.0 Å². The van der Waals surface area contributed by atoms with Gasteiger partial charge in [-0.15, -0.1) is 0 Å². The van der Waals surface area contributed by atoms with Crippen LogP contribution in [0.2, 0.25) is 0 Å². The summed E-state index contributed by atoms with van der Waals surface area (Å²) in [5, 5.41) is 7.68. The summed E-state index contributed by atoms with van der Waals surface area (Å²) in [6.07, 6.45) is 12.6. The van der Waals surface area contributed by atoms with Crippen molar-refractivity contribution in [3.63, 3.8) is 0 Å². The van der Waals surface area contributed by atoms with Gasteiger partial charge < -0.3 is 5.32 Å². The summed E-state index contributed by atoms with van der Waals surface area (Å²) in [4.78, 5) is 8.87. The summed E-state index contributed by atoms with van der Waals surface area (Å²) < 4.78 is 1.96. The van der Waals surface area contributed by atoms with Crippen LogP contribution in [0.5, 0.6) is 0 Å². The van der Waals surface area contributed by atoms with Crippen molar-refractivity contribution in [2.24, 2.45) is 0 Å². The highest BCUT2D eigenvalue weighted by Gasteiger charge is 2.13. The number of hydrogen-bond acceptors (Lipinski definition) is 4. The van der Waals surface area contributed by atoms with Crippen molar-refractivity contribution in [1.82, 2.24) is 19.7 Å². The Labute approximate surface area is 119 Å². The fourth-order valence-corrected chi connectivity index (χ4v) is 2.73. The fraction of sp³-hybridized carbons (Fsp3) is 0.533. The molecule has 0 atom stereocenters. The van der Waals surface area contributed by atoms with Gasteiger partial charge in [0.1, 0.15) is 12.1 Å². The van der Waals surface area contributed by atoms with Crippen molar-refractivity contribution < 1.29 is 0 Å². The van der Waals surface area contributed by atoms with Gasteiger partial charge in [-0.2, -0.15) is 5.10 Å². The second-order valence-corrected chi connectivity index (χ2v) is 5.26. The van der Waals surface area contributed by atoms with Gasteiger partial charge in [0, 0.05) is 36.7 Å². The molecule has 20 heavy (non-hydrogen) atoms. The molecule has 106 valence electrons. The van der Waals surface area contributed by atoms with Gasteiger partial charge in [-0.1, -0.05) is 6.42 Å². The average molecular weight is 271 g/mol. The Bertz CT molecular complexity index is 535. The zero-order valence-corrected chi connectivity index (χ0v) is 11.8. The molecular weight excluding hydrogens is 250 g/mol. The summed E-state index contributed by atoms with van der Waals surface area (Å²) in [6, 6.07) is 1.96. The van der Waals surface area contributed by atoms with E-state index in [1.165, 1.54) is 30.5 Å². The van der Waals surface area contributed by atoms with Crippen molar-refractivity contribution in [2.45, 2.75) is 45.1 Å². The highest BCUT2D eigenvalue weighted by Crippen LogP contribution is 2.23. The molecule has 2 aromatic rings. The minimum Gasteiger partial charge on any atom is -0.370 e. The van der Waals surface area contributed by atoms with E-state index in [2.05, 4.69) is 20.4 Å². The molecule has 0 saturated carbocycles. The van der Waals surface area contributed by atoms with Crippen LogP contribution in [0.1, 0.15) is 36.9 Å². The lowest BCUT2D eigenvalue weighted by molar-refractivity contribution is 0.591. The Morgan fingerprint density at radius 2 is 2.10 bits per heavy atom. The molecule has 0 saturated heterocycles. The molecule has 2 heterocycles. The van der Waals surface area contributed by atoms with Crippen LogP contribution >= 0.6 is 0 Å². The second-order valence-electron chi connectivity index (χ2n) is 5.26. The largest absolute Gasteiger partial charge is 0.370 e. The maximum atomic E-state index is 4.44. The third kappa shape index (κ3) is 3.15. The van der Waals surface area contributed by atoms with Crippen LogP contribution in [-0.2, 0) is 19.4 Å². The van der Waals surface area contributed by atoms with Crippen LogP contribution in [0.4, 0.5) is 5.82 Å². The molecule has 0 radical (unpaired) electrons. The molecule has 1 N–H and O–H groups in total. The van der Waals surface area contributed by atoms with Crippen LogP contribution < -0.4 is 5.32 Å². The third-order valence-electron chi connectivity index (χ3n) is 3.79. The number of aryl methyl sites for hydroxylation is 2. The molecule has 5 heteroatoms. The SMILES string of the molecule is c1cnn(CCCNc2ncnc3c2CCCCC3)c1. The van der Waals surface area contributed by atoms with Crippen molar-refractivity contribution in [3.8, 4) is 0 Å². The lowest BCUT2D eigenvalue weighted by Gasteiger charge is -2.12. The van der Waals surface area contributed by atoms with E-state index in [0.717, 1.165) is 38.2 Å². The normalized spacial score (nSPS) is 14.6. The number of fused-ring (bicyclic) bond motifs is 1. The molecule has 5 nitrogen and oxygen atoms in total. The smallest absolute Gasteiger partial charge is 0.132 e. The van der Waals surface area contributed by atoms with Gasteiger partial charge in [-0.05, 0) is 38.2 Å². The van der Waals surface area contributed by atoms with E-state index < -0.39 is 0 Å². The summed E-state index contributed by atoms with van der Waals surface area (Å²) in [7, 11) is 0. The Balaban J connectivity index is 1.57. The van der Waals surface area contributed by atoms with E-state index in [-0.39, 0.29) is 0 Å². The number of nitrogens with zero attached hydrogens (tertiary/aromatic N) is 4. The highest BCUT2D eigenvalue weighted by atomic mass is 15.3. The van der Waals surface area contributed by atoms with Crippen molar-refractivity contribution >= 4 is 5.82 Å². The Hall–Kier alpha value is -1.91. The molecule has 0 fully saturated rings. The van der Waals surface area contributed by atoms with E-state index in [1.54, 1.807) is 6.33 Å². The number of aromatic nitrogens is 4. The number of nitrogens with one attached hydrogen (secondary N) is 1. The fourth-order valence-electron chi connectivity index (χ4n) is 2.73. The third-order valence-corrected chi connectivity index (χ3v) is 3.79. The van der Waals surface area contributed by atoms with E-state index in [0.29, 0.717) is 0 Å². The molecule has 2 aromatic heterocycles. The molecule has 0 bridgehead atoms. The number of anilines is 1. The zero-order chi connectivity index (χ0) is 13.6. The van der Waals surface area contributed by atoms with Crippen LogP contribution in [0.15, 0.2) is 24.8 Å². The molecular formula is C15H21N5. The predicted octanol–water partition coefficient (Wildman–Crippen LogP) is 2.44. The van der Waals surface area contributed by atoms with Crippen molar-refractivity contribution in [1.29, 1.82) is 0 Å². The quantitative estimate of drug-likeness (QED) is 0.670. The van der Waals surface area contributed by atoms with Gasteiger partial charge in [0.15, 0.2) is 0 Å². The molecule has 3 rings (SSSR count). The molecule has 0 spiro atoms. The Kier molecular flexibility index (Phi) is 4.25.